The Balaban J connectivity index is 1.51. The van der Waals surface area contributed by atoms with Crippen LogP contribution in [0.25, 0.3) is 22.4 Å². The summed E-state index contributed by atoms with van der Waals surface area (Å²) in [5, 5.41) is 4.44. The quantitative estimate of drug-likeness (QED) is 0.207. The van der Waals surface area contributed by atoms with Crippen molar-refractivity contribution in [3.05, 3.63) is 75.6 Å². The minimum atomic E-state index is -0.207. The van der Waals surface area contributed by atoms with Crippen LogP contribution >= 0.6 is 11.3 Å². The number of methoxy groups -OCH3 is 1. The van der Waals surface area contributed by atoms with E-state index in [2.05, 4.69) is 23.6 Å². The highest BCUT2D eigenvalue weighted by Gasteiger charge is 2.13. The van der Waals surface area contributed by atoms with Crippen LogP contribution in [0.5, 0.6) is 17.2 Å². The van der Waals surface area contributed by atoms with Crippen LogP contribution in [0.15, 0.2) is 59.9 Å². The molecule has 0 spiro atoms. The second kappa shape index (κ2) is 11.7. The Morgan fingerprint density at radius 3 is 2.60 bits per heavy atom. The van der Waals surface area contributed by atoms with Crippen molar-refractivity contribution in [2.75, 3.05) is 20.3 Å². The first-order valence-electron chi connectivity index (χ1n) is 11.7. The van der Waals surface area contributed by atoms with Crippen LogP contribution in [0, 0.1) is 0 Å². The lowest BCUT2D eigenvalue weighted by Gasteiger charge is -2.09. The lowest BCUT2D eigenvalue weighted by molar-refractivity contribution is 0.305. The molecule has 8 heteroatoms. The number of nitrogens with zero attached hydrogens (tertiary/aromatic N) is 3. The fourth-order valence-electron chi connectivity index (χ4n) is 3.57. The second-order valence-corrected chi connectivity index (χ2v) is 9.00. The Morgan fingerprint density at radius 1 is 1.06 bits per heavy atom. The van der Waals surface area contributed by atoms with Crippen molar-refractivity contribution >= 4 is 22.4 Å². The third kappa shape index (κ3) is 5.89. The predicted octanol–water partition coefficient (Wildman–Crippen LogP) is 4.90. The first-order chi connectivity index (χ1) is 17.1. The summed E-state index contributed by atoms with van der Waals surface area (Å²) < 4.78 is 18.7. The van der Waals surface area contributed by atoms with E-state index >= 15 is 0 Å². The first kappa shape index (κ1) is 24.5. The number of hydrogen-bond donors (Lipinski definition) is 0. The van der Waals surface area contributed by atoms with Gasteiger partial charge in [0.2, 0.25) is 4.96 Å². The molecule has 0 amide bonds. The number of unbranched alkanes of at least 4 members (excludes halogenated alkanes) is 3. The standard InChI is InChI=1S/C27H29N3O4S/c1-4-6-7-8-16-33-21-12-10-20(11-13-21)25-28-27-30(29-25)26(31)24(35-27)18-19-9-14-22(34-15-5-2)23(17-19)32-3/h5,9-14,17-18H,2,4,6-8,15-16H2,1,3H3/b24-18+. The molecule has 0 aliphatic rings. The van der Waals surface area contributed by atoms with Gasteiger partial charge in [0.25, 0.3) is 5.56 Å². The predicted molar refractivity (Wildman–Crippen MR) is 140 cm³/mol. The zero-order valence-electron chi connectivity index (χ0n) is 20.0. The fourth-order valence-corrected chi connectivity index (χ4v) is 4.48. The summed E-state index contributed by atoms with van der Waals surface area (Å²) in [7, 11) is 1.58. The third-order valence-corrected chi connectivity index (χ3v) is 6.36. The molecule has 7 nitrogen and oxygen atoms in total. The Kier molecular flexibility index (Phi) is 8.15. The van der Waals surface area contributed by atoms with Gasteiger partial charge in [-0.25, -0.2) is 0 Å². The summed E-state index contributed by atoms with van der Waals surface area (Å²) in [6.07, 6.45) is 8.16. The third-order valence-electron chi connectivity index (χ3n) is 5.40. The number of ether oxygens (including phenoxy) is 3. The van der Waals surface area contributed by atoms with Gasteiger partial charge in [-0.15, -0.1) is 5.10 Å². The summed E-state index contributed by atoms with van der Waals surface area (Å²) in [6, 6.07) is 13.2. The van der Waals surface area contributed by atoms with Crippen molar-refractivity contribution < 1.29 is 14.2 Å². The normalized spacial score (nSPS) is 11.7. The molecule has 0 N–H and O–H groups in total. The van der Waals surface area contributed by atoms with Crippen molar-refractivity contribution in [2.45, 2.75) is 32.6 Å². The number of fused-ring (bicyclic) bond motifs is 1. The van der Waals surface area contributed by atoms with Gasteiger partial charge in [0.05, 0.1) is 18.2 Å². The smallest absolute Gasteiger partial charge is 0.291 e. The Morgan fingerprint density at radius 2 is 1.89 bits per heavy atom. The molecule has 0 atom stereocenters. The van der Waals surface area contributed by atoms with Gasteiger partial charge < -0.3 is 14.2 Å². The number of thiazole rings is 1. The molecule has 2 aromatic carbocycles. The Hall–Kier alpha value is -3.65. The molecule has 0 radical (unpaired) electrons. The van der Waals surface area contributed by atoms with Crippen molar-refractivity contribution in [1.29, 1.82) is 0 Å². The molecular weight excluding hydrogens is 462 g/mol. The average Bonchev–Trinajstić information content (AvgIpc) is 3.42. The SMILES string of the molecule is C=CCOc1ccc(/C=c2/sc3nc(-c4ccc(OCCCCCC)cc4)nn3c2=O)cc1OC. The van der Waals surface area contributed by atoms with Gasteiger partial charge in [-0.05, 0) is 54.5 Å². The van der Waals surface area contributed by atoms with E-state index in [0.717, 1.165) is 23.3 Å². The van der Waals surface area contributed by atoms with E-state index < -0.39 is 0 Å². The van der Waals surface area contributed by atoms with Gasteiger partial charge in [0.1, 0.15) is 12.4 Å². The van der Waals surface area contributed by atoms with Gasteiger partial charge in [-0.2, -0.15) is 9.50 Å². The molecule has 0 saturated heterocycles. The Labute approximate surface area is 208 Å². The summed E-state index contributed by atoms with van der Waals surface area (Å²) in [5.74, 6) is 2.54. The molecule has 0 aliphatic carbocycles. The molecule has 35 heavy (non-hydrogen) atoms. The van der Waals surface area contributed by atoms with Crippen LogP contribution in [-0.2, 0) is 0 Å². The minimum absolute atomic E-state index is 0.207. The number of benzene rings is 2. The van der Waals surface area contributed by atoms with Crippen molar-refractivity contribution in [1.82, 2.24) is 14.6 Å². The van der Waals surface area contributed by atoms with E-state index in [4.69, 9.17) is 14.2 Å². The van der Waals surface area contributed by atoms with E-state index in [1.165, 1.54) is 35.1 Å². The van der Waals surface area contributed by atoms with E-state index in [1.807, 2.05) is 42.5 Å². The monoisotopic (exact) mass is 491 g/mol. The van der Waals surface area contributed by atoms with Crippen LogP contribution in [0.3, 0.4) is 0 Å². The molecule has 182 valence electrons. The van der Waals surface area contributed by atoms with Crippen LogP contribution < -0.4 is 24.3 Å². The highest BCUT2D eigenvalue weighted by atomic mass is 32.1. The van der Waals surface area contributed by atoms with Gasteiger partial charge in [-0.3, -0.25) is 4.79 Å². The molecular formula is C27H29N3O4S. The maximum absolute atomic E-state index is 12.9. The van der Waals surface area contributed by atoms with E-state index in [0.29, 0.717) is 40.0 Å². The Bertz CT molecular complexity index is 1390. The number of hydrogen-bond acceptors (Lipinski definition) is 7. The van der Waals surface area contributed by atoms with Gasteiger partial charge in [-0.1, -0.05) is 56.2 Å². The molecule has 0 bridgehead atoms. The molecule has 4 rings (SSSR count). The van der Waals surface area contributed by atoms with E-state index in [1.54, 1.807) is 19.3 Å². The average molecular weight is 492 g/mol. The molecule has 0 aliphatic heterocycles. The van der Waals surface area contributed by atoms with E-state index in [9.17, 15) is 4.79 Å². The number of rotatable bonds is 12. The molecule has 0 fully saturated rings. The second-order valence-electron chi connectivity index (χ2n) is 7.99. The van der Waals surface area contributed by atoms with Crippen molar-refractivity contribution in [2.24, 2.45) is 0 Å². The molecule has 0 unspecified atom stereocenters. The van der Waals surface area contributed by atoms with Crippen LogP contribution in [0.4, 0.5) is 0 Å². The summed E-state index contributed by atoms with van der Waals surface area (Å²) >= 11 is 1.30. The lowest BCUT2D eigenvalue weighted by atomic mass is 10.2. The molecule has 0 saturated carbocycles. The van der Waals surface area contributed by atoms with Crippen LogP contribution in [0.2, 0.25) is 0 Å². The minimum Gasteiger partial charge on any atom is -0.494 e. The van der Waals surface area contributed by atoms with Gasteiger partial charge in [0, 0.05) is 5.56 Å². The van der Waals surface area contributed by atoms with Crippen LogP contribution in [0.1, 0.15) is 38.2 Å². The summed E-state index contributed by atoms with van der Waals surface area (Å²) in [5.41, 5.74) is 1.45. The number of aromatic nitrogens is 3. The lowest BCUT2D eigenvalue weighted by Crippen LogP contribution is -2.23. The summed E-state index contributed by atoms with van der Waals surface area (Å²) in [6.45, 7) is 6.95. The summed E-state index contributed by atoms with van der Waals surface area (Å²) in [4.78, 5) is 18.1. The molecule has 4 aromatic rings. The largest absolute Gasteiger partial charge is 0.494 e. The first-order valence-corrected chi connectivity index (χ1v) is 12.5. The topological polar surface area (TPSA) is 75.0 Å². The van der Waals surface area contributed by atoms with Crippen LogP contribution in [-0.4, -0.2) is 34.9 Å². The zero-order chi connectivity index (χ0) is 24.6. The maximum Gasteiger partial charge on any atom is 0.291 e. The fraction of sp³-hybridized carbons (Fsp3) is 0.296. The van der Waals surface area contributed by atoms with Gasteiger partial charge in [0.15, 0.2) is 17.3 Å². The highest BCUT2D eigenvalue weighted by Crippen LogP contribution is 2.28. The highest BCUT2D eigenvalue weighted by molar-refractivity contribution is 7.15. The van der Waals surface area contributed by atoms with E-state index in [-0.39, 0.29) is 5.56 Å². The van der Waals surface area contributed by atoms with Crippen molar-refractivity contribution in [3.63, 3.8) is 0 Å². The molecule has 2 aromatic heterocycles. The zero-order valence-corrected chi connectivity index (χ0v) is 20.8. The van der Waals surface area contributed by atoms with Crippen molar-refractivity contribution in [3.8, 4) is 28.6 Å². The maximum atomic E-state index is 12.9. The van der Waals surface area contributed by atoms with Gasteiger partial charge >= 0.3 is 0 Å². The molecule has 2 heterocycles.